The van der Waals surface area contributed by atoms with Gasteiger partial charge in [-0.1, -0.05) is 0 Å². The van der Waals surface area contributed by atoms with Crippen molar-refractivity contribution in [3.8, 4) is 0 Å². The fraction of sp³-hybridized carbons (Fsp3) is 0.600. The van der Waals surface area contributed by atoms with Crippen molar-refractivity contribution in [2.75, 3.05) is 5.32 Å². The molecule has 1 aromatic rings. The molecule has 0 amide bonds. The van der Waals surface area contributed by atoms with Gasteiger partial charge in [-0.15, -0.1) is 0 Å². The number of hydrogen-bond donors (Lipinski definition) is 1. The van der Waals surface area contributed by atoms with Crippen LogP contribution in [0.3, 0.4) is 0 Å². The van der Waals surface area contributed by atoms with Crippen LogP contribution in [-0.4, -0.2) is 22.2 Å². The van der Waals surface area contributed by atoms with Gasteiger partial charge in [0, 0.05) is 16.1 Å². The number of nitro groups is 1. The van der Waals surface area contributed by atoms with Gasteiger partial charge in [0.2, 0.25) is 0 Å². The predicted molar refractivity (Wildman–Crippen MR) is 86.8 cm³/mol. The van der Waals surface area contributed by atoms with Crippen LogP contribution in [0.1, 0.15) is 39.7 Å². The van der Waals surface area contributed by atoms with Crippen LogP contribution in [0, 0.1) is 17.0 Å². The largest absolute Gasteiger partial charge is 0.378 e. The van der Waals surface area contributed by atoms with Crippen molar-refractivity contribution in [1.29, 1.82) is 0 Å². The molecule has 6 heteroatoms. The summed E-state index contributed by atoms with van der Waals surface area (Å²) in [6.07, 6.45) is 0.841. The molecule has 5 nitrogen and oxygen atoms in total. The van der Waals surface area contributed by atoms with E-state index in [4.69, 9.17) is 4.74 Å². The zero-order valence-electron chi connectivity index (χ0n) is 13.0. The predicted octanol–water partition coefficient (Wildman–Crippen LogP) is 4.42. The molecule has 1 aliphatic rings. The van der Waals surface area contributed by atoms with Crippen LogP contribution in [0.15, 0.2) is 16.6 Å². The lowest BCUT2D eigenvalue weighted by Crippen LogP contribution is -2.38. The summed E-state index contributed by atoms with van der Waals surface area (Å²) in [4.78, 5) is 10.7. The van der Waals surface area contributed by atoms with Crippen molar-refractivity contribution in [2.24, 2.45) is 0 Å². The highest BCUT2D eigenvalue weighted by Gasteiger charge is 2.46. The second-order valence-corrected chi connectivity index (χ2v) is 7.60. The number of hydrogen-bond acceptors (Lipinski definition) is 4. The van der Waals surface area contributed by atoms with Crippen molar-refractivity contribution in [3.05, 3.63) is 32.3 Å². The van der Waals surface area contributed by atoms with Crippen LogP contribution in [0.2, 0.25) is 0 Å². The molecular formula is C15H21BrN2O3. The maximum absolute atomic E-state index is 11.1. The molecule has 1 saturated heterocycles. The van der Waals surface area contributed by atoms with Crippen LogP contribution in [0.4, 0.5) is 11.4 Å². The molecule has 0 bridgehead atoms. The third kappa shape index (κ3) is 3.37. The average molecular weight is 357 g/mol. The maximum atomic E-state index is 11.1. The molecular weight excluding hydrogens is 336 g/mol. The van der Waals surface area contributed by atoms with Gasteiger partial charge in [-0.25, -0.2) is 0 Å². The van der Waals surface area contributed by atoms with Crippen molar-refractivity contribution < 1.29 is 9.66 Å². The summed E-state index contributed by atoms with van der Waals surface area (Å²) in [5.74, 6) is 0. The highest BCUT2D eigenvalue weighted by molar-refractivity contribution is 9.10. The molecule has 1 fully saturated rings. The summed E-state index contributed by atoms with van der Waals surface area (Å²) in [5.41, 5.74) is 0.954. The second kappa shape index (κ2) is 5.25. The smallest absolute Gasteiger partial charge is 0.274 e. The van der Waals surface area contributed by atoms with Crippen LogP contribution >= 0.6 is 15.9 Å². The van der Waals surface area contributed by atoms with E-state index in [-0.39, 0.29) is 27.9 Å². The molecule has 21 heavy (non-hydrogen) atoms. The Morgan fingerprint density at radius 1 is 1.38 bits per heavy atom. The summed E-state index contributed by atoms with van der Waals surface area (Å²) in [6.45, 7) is 9.93. The average Bonchev–Trinajstić information content (AvgIpc) is 2.49. The zero-order valence-corrected chi connectivity index (χ0v) is 14.6. The molecule has 1 aromatic carbocycles. The monoisotopic (exact) mass is 356 g/mol. The summed E-state index contributed by atoms with van der Waals surface area (Å²) >= 11 is 3.48. The van der Waals surface area contributed by atoms with E-state index in [1.807, 2.05) is 13.8 Å². The Kier molecular flexibility index (Phi) is 4.06. The first-order valence-corrected chi connectivity index (χ1v) is 7.72. The Bertz CT molecular complexity index is 585. The lowest BCUT2D eigenvalue weighted by atomic mass is 9.94. The number of anilines is 1. The van der Waals surface area contributed by atoms with Gasteiger partial charge in [0.1, 0.15) is 0 Å². The fourth-order valence-corrected chi connectivity index (χ4v) is 3.52. The Morgan fingerprint density at radius 2 is 2.00 bits per heavy atom. The molecule has 1 unspecified atom stereocenters. The molecule has 0 radical (unpaired) electrons. The minimum atomic E-state index is -0.354. The molecule has 0 aromatic heterocycles. The lowest BCUT2D eigenvalue weighted by molar-refractivity contribution is -0.385. The minimum Gasteiger partial charge on any atom is -0.378 e. The quantitative estimate of drug-likeness (QED) is 0.642. The van der Waals surface area contributed by atoms with Crippen molar-refractivity contribution in [1.82, 2.24) is 0 Å². The molecule has 1 aliphatic heterocycles. The van der Waals surface area contributed by atoms with Crippen molar-refractivity contribution in [2.45, 2.75) is 58.3 Å². The second-order valence-electron chi connectivity index (χ2n) is 6.74. The van der Waals surface area contributed by atoms with E-state index in [9.17, 15) is 10.1 Å². The van der Waals surface area contributed by atoms with E-state index in [1.165, 1.54) is 0 Å². The molecule has 116 valence electrons. The summed E-state index contributed by atoms with van der Waals surface area (Å²) in [7, 11) is 0. The minimum absolute atomic E-state index is 0.0890. The molecule has 2 rings (SSSR count). The number of benzene rings is 1. The van der Waals surface area contributed by atoms with E-state index in [0.29, 0.717) is 5.56 Å². The third-order valence-electron chi connectivity index (χ3n) is 3.89. The van der Waals surface area contributed by atoms with Gasteiger partial charge < -0.3 is 10.1 Å². The van der Waals surface area contributed by atoms with Crippen molar-refractivity contribution >= 4 is 27.3 Å². The number of nitrogens with zero attached hydrogens (tertiary/aromatic N) is 1. The Morgan fingerprint density at radius 3 is 2.48 bits per heavy atom. The van der Waals surface area contributed by atoms with Crippen LogP contribution in [0.5, 0.6) is 0 Å². The normalized spacial score (nSPS) is 23.0. The van der Waals surface area contributed by atoms with Gasteiger partial charge in [0.15, 0.2) is 0 Å². The van der Waals surface area contributed by atoms with Gasteiger partial charge in [-0.2, -0.15) is 0 Å². The van der Waals surface area contributed by atoms with E-state index >= 15 is 0 Å². The third-order valence-corrected chi connectivity index (χ3v) is 4.54. The van der Waals surface area contributed by atoms with Crippen molar-refractivity contribution in [3.63, 3.8) is 0 Å². The number of nitro benzene ring substituents is 1. The van der Waals surface area contributed by atoms with E-state index in [2.05, 4.69) is 35.1 Å². The molecule has 1 N–H and O–H groups in total. The number of nitrogens with one attached hydrogen (secondary N) is 1. The fourth-order valence-electron chi connectivity index (χ4n) is 2.94. The molecule has 0 saturated carbocycles. The molecule has 1 atom stereocenters. The van der Waals surface area contributed by atoms with Gasteiger partial charge >= 0.3 is 0 Å². The maximum Gasteiger partial charge on any atom is 0.274 e. The zero-order chi connectivity index (χ0) is 16.0. The summed E-state index contributed by atoms with van der Waals surface area (Å²) in [6, 6.07) is 3.45. The topological polar surface area (TPSA) is 64.4 Å². The highest BCUT2D eigenvalue weighted by Crippen LogP contribution is 2.40. The Hall–Kier alpha value is -1.14. The number of aryl methyl sites for hydroxylation is 1. The van der Waals surface area contributed by atoms with E-state index in [1.54, 1.807) is 19.1 Å². The first kappa shape index (κ1) is 16.2. The van der Waals surface area contributed by atoms with Gasteiger partial charge in [-0.3, -0.25) is 10.1 Å². The van der Waals surface area contributed by atoms with Gasteiger partial charge in [0.25, 0.3) is 5.69 Å². The van der Waals surface area contributed by atoms with Gasteiger partial charge in [0.05, 0.1) is 27.9 Å². The number of ether oxygens (including phenoxy) is 1. The molecule has 1 heterocycles. The molecule has 0 aliphatic carbocycles. The first-order chi connectivity index (χ1) is 9.52. The van der Waals surface area contributed by atoms with Crippen LogP contribution < -0.4 is 5.32 Å². The Balaban J connectivity index is 2.32. The summed E-state index contributed by atoms with van der Waals surface area (Å²) < 4.78 is 6.88. The standard InChI is InChI=1S/C15H21BrN2O3/c1-9-6-10(16)11(7-12(9)18(19)20)17-13-8-14(2,3)21-15(13,4)5/h6-7,13,17H,8H2,1-5H3. The first-order valence-electron chi connectivity index (χ1n) is 6.93. The number of rotatable bonds is 3. The van der Waals surface area contributed by atoms with E-state index < -0.39 is 0 Å². The highest BCUT2D eigenvalue weighted by atomic mass is 79.9. The lowest BCUT2D eigenvalue weighted by Gasteiger charge is -2.28. The van der Waals surface area contributed by atoms with E-state index in [0.717, 1.165) is 16.6 Å². The van der Waals surface area contributed by atoms with Crippen LogP contribution in [-0.2, 0) is 4.74 Å². The number of halogens is 1. The SMILES string of the molecule is Cc1cc(Br)c(NC2CC(C)(C)OC2(C)C)cc1[N+](=O)[O-]. The van der Waals surface area contributed by atoms with Gasteiger partial charge in [-0.05, 0) is 63.0 Å². The summed E-state index contributed by atoms with van der Waals surface area (Å²) in [5, 5.41) is 14.5. The van der Waals surface area contributed by atoms with Crippen LogP contribution in [0.25, 0.3) is 0 Å². The Labute approximate surface area is 133 Å². The molecule has 0 spiro atoms.